The summed E-state index contributed by atoms with van der Waals surface area (Å²) in [5.74, 6) is 0.174. The summed E-state index contributed by atoms with van der Waals surface area (Å²) in [5, 5.41) is 0.993. The highest BCUT2D eigenvalue weighted by Crippen LogP contribution is 2.28. The molecule has 0 spiro atoms. The van der Waals surface area contributed by atoms with Gasteiger partial charge in [-0.25, -0.2) is 13.1 Å². The standard InChI is InChI=1S/C17H29NO3SSi/c1-13(2)22(19,20)18-17-12-21-11-10-16(17)14-6-8-15(9-7-14)23(3,4)5/h6-9,13,16-18H,10-12H2,1-5H3/t16-,17+/m0/s1. The minimum atomic E-state index is -3.29. The van der Waals surface area contributed by atoms with Gasteiger partial charge >= 0.3 is 0 Å². The highest BCUT2D eigenvalue weighted by molar-refractivity contribution is 7.90. The smallest absolute Gasteiger partial charge is 0.214 e. The molecule has 4 nitrogen and oxygen atoms in total. The summed E-state index contributed by atoms with van der Waals surface area (Å²) in [7, 11) is -4.61. The topological polar surface area (TPSA) is 55.4 Å². The maximum atomic E-state index is 12.2. The Balaban J connectivity index is 2.21. The number of hydrogen-bond acceptors (Lipinski definition) is 3. The van der Waals surface area contributed by atoms with Crippen LogP contribution in [0.5, 0.6) is 0 Å². The van der Waals surface area contributed by atoms with Crippen LogP contribution < -0.4 is 9.91 Å². The van der Waals surface area contributed by atoms with Crippen LogP contribution >= 0.6 is 0 Å². The van der Waals surface area contributed by atoms with Crippen LogP contribution in [0.25, 0.3) is 0 Å². The molecule has 6 heteroatoms. The second kappa shape index (κ2) is 7.05. The first kappa shape index (κ1) is 18.6. The summed E-state index contributed by atoms with van der Waals surface area (Å²) in [4.78, 5) is 0. The molecular formula is C17H29NO3SSi. The first-order valence-electron chi connectivity index (χ1n) is 8.30. The highest BCUT2D eigenvalue weighted by atomic mass is 32.2. The molecule has 2 rings (SSSR count). The summed E-state index contributed by atoms with van der Waals surface area (Å²) in [5.41, 5.74) is 1.20. The lowest BCUT2D eigenvalue weighted by molar-refractivity contribution is 0.0644. The van der Waals surface area contributed by atoms with Gasteiger partial charge in [-0.15, -0.1) is 0 Å². The first-order chi connectivity index (χ1) is 10.6. The Morgan fingerprint density at radius 3 is 2.30 bits per heavy atom. The van der Waals surface area contributed by atoms with Gasteiger partial charge in [0.1, 0.15) is 0 Å². The summed E-state index contributed by atoms with van der Waals surface area (Å²) in [6.45, 7) is 11.5. The summed E-state index contributed by atoms with van der Waals surface area (Å²) >= 11 is 0. The fourth-order valence-electron chi connectivity index (χ4n) is 2.83. The lowest BCUT2D eigenvalue weighted by Gasteiger charge is -2.33. The Bertz CT molecular complexity index is 620. The number of hydrogen-bond donors (Lipinski definition) is 1. The van der Waals surface area contributed by atoms with E-state index in [1.54, 1.807) is 13.8 Å². The second-order valence-corrected chi connectivity index (χ2v) is 15.0. The predicted molar refractivity (Wildman–Crippen MR) is 98.6 cm³/mol. The minimum Gasteiger partial charge on any atom is -0.380 e. The van der Waals surface area contributed by atoms with Crippen LogP contribution in [0, 0.1) is 0 Å². The van der Waals surface area contributed by atoms with Gasteiger partial charge < -0.3 is 4.74 Å². The first-order valence-corrected chi connectivity index (χ1v) is 13.4. The average molecular weight is 356 g/mol. The minimum absolute atomic E-state index is 0.174. The van der Waals surface area contributed by atoms with E-state index in [0.29, 0.717) is 13.2 Å². The predicted octanol–water partition coefficient (Wildman–Crippen LogP) is 2.43. The van der Waals surface area contributed by atoms with E-state index in [2.05, 4.69) is 48.6 Å². The molecule has 2 atom stereocenters. The Kier molecular flexibility index (Phi) is 5.71. The van der Waals surface area contributed by atoms with Crippen molar-refractivity contribution in [2.24, 2.45) is 0 Å². The molecule has 0 aliphatic carbocycles. The van der Waals surface area contributed by atoms with Crippen LogP contribution in [0.3, 0.4) is 0 Å². The van der Waals surface area contributed by atoms with Gasteiger partial charge in [0.05, 0.1) is 26.0 Å². The van der Waals surface area contributed by atoms with Gasteiger partial charge in [0.15, 0.2) is 0 Å². The van der Waals surface area contributed by atoms with Crippen molar-refractivity contribution in [2.75, 3.05) is 13.2 Å². The van der Waals surface area contributed by atoms with Crippen molar-refractivity contribution < 1.29 is 13.2 Å². The Hall–Kier alpha value is -0.693. The van der Waals surface area contributed by atoms with Crippen molar-refractivity contribution in [3.63, 3.8) is 0 Å². The molecule has 0 aromatic heterocycles. The van der Waals surface area contributed by atoms with Crippen molar-refractivity contribution in [3.8, 4) is 0 Å². The Labute approximate surface area is 141 Å². The van der Waals surface area contributed by atoms with E-state index in [1.807, 2.05) is 0 Å². The van der Waals surface area contributed by atoms with E-state index in [1.165, 1.54) is 10.8 Å². The molecule has 0 unspecified atom stereocenters. The molecule has 0 amide bonds. The Morgan fingerprint density at radius 1 is 1.17 bits per heavy atom. The number of sulfonamides is 1. The molecule has 1 aromatic carbocycles. The largest absolute Gasteiger partial charge is 0.380 e. The zero-order chi connectivity index (χ0) is 17.3. The molecular weight excluding hydrogens is 326 g/mol. The van der Waals surface area contributed by atoms with Gasteiger partial charge in [0.2, 0.25) is 10.0 Å². The quantitative estimate of drug-likeness (QED) is 0.826. The van der Waals surface area contributed by atoms with Crippen molar-refractivity contribution in [3.05, 3.63) is 29.8 Å². The molecule has 0 saturated carbocycles. The molecule has 1 N–H and O–H groups in total. The van der Waals surface area contributed by atoms with Crippen LogP contribution in [0.2, 0.25) is 19.6 Å². The molecule has 1 aromatic rings. The maximum Gasteiger partial charge on any atom is 0.214 e. The van der Waals surface area contributed by atoms with Crippen LogP contribution in [-0.2, 0) is 14.8 Å². The normalized spacial score (nSPS) is 23.2. The van der Waals surface area contributed by atoms with Gasteiger partial charge in [-0.3, -0.25) is 0 Å². The third kappa shape index (κ3) is 4.65. The van der Waals surface area contributed by atoms with E-state index < -0.39 is 23.3 Å². The van der Waals surface area contributed by atoms with E-state index in [0.717, 1.165) is 6.42 Å². The van der Waals surface area contributed by atoms with Crippen LogP contribution in [0.1, 0.15) is 31.7 Å². The fourth-order valence-corrected chi connectivity index (χ4v) is 4.92. The van der Waals surface area contributed by atoms with Crippen molar-refractivity contribution in [1.82, 2.24) is 4.72 Å². The molecule has 1 heterocycles. The van der Waals surface area contributed by atoms with Gasteiger partial charge in [0.25, 0.3) is 0 Å². The molecule has 0 bridgehead atoms. The van der Waals surface area contributed by atoms with Crippen molar-refractivity contribution in [2.45, 2.75) is 57.1 Å². The van der Waals surface area contributed by atoms with E-state index in [9.17, 15) is 8.42 Å². The van der Waals surface area contributed by atoms with Crippen LogP contribution in [-0.4, -0.2) is 41.0 Å². The van der Waals surface area contributed by atoms with E-state index in [-0.39, 0.29) is 12.0 Å². The molecule has 1 saturated heterocycles. The number of rotatable bonds is 5. The Morgan fingerprint density at radius 2 is 1.78 bits per heavy atom. The molecule has 0 radical (unpaired) electrons. The SMILES string of the molecule is CC(C)S(=O)(=O)N[C@@H]1COCC[C@H]1c1ccc([Si](C)(C)C)cc1. The monoisotopic (exact) mass is 355 g/mol. The summed E-state index contributed by atoms with van der Waals surface area (Å²) < 4.78 is 32.8. The zero-order valence-electron chi connectivity index (χ0n) is 14.8. The zero-order valence-corrected chi connectivity index (χ0v) is 16.6. The lowest BCUT2D eigenvalue weighted by Crippen LogP contribution is -2.47. The lowest BCUT2D eigenvalue weighted by atomic mass is 9.88. The summed E-state index contributed by atoms with van der Waals surface area (Å²) in [6, 6.07) is 8.57. The molecule has 1 fully saturated rings. The number of benzene rings is 1. The third-order valence-corrected chi connectivity index (χ3v) is 8.44. The summed E-state index contributed by atoms with van der Waals surface area (Å²) in [6.07, 6.45) is 0.845. The molecule has 23 heavy (non-hydrogen) atoms. The molecule has 1 aliphatic heterocycles. The second-order valence-electron chi connectivity index (χ2n) is 7.66. The van der Waals surface area contributed by atoms with Gasteiger partial charge in [-0.1, -0.05) is 49.1 Å². The van der Waals surface area contributed by atoms with Crippen LogP contribution in [0.15, 0.2) is 24.3 Å². The van der Waals surface area contributed by atoms with Crippen molar-refractivity contribution >= 4 is 23.3 Å². The highest BCUT2D eigenvalue weighted by Gasteiger charge is 2.31. The molecule has 130 valence electrons. The van der Waals surface area contributed by atoms with Crippen molar-refractivity contribution in [1.29, 1.82) is 0 Å². The molecule has 1 aliphatic rings. The number of ether oxygens (including phenoxy) is 1. The third-order valence-electron chi connectivity index (χ3n) is 4.50. The van der Waals surface area contributed by atoms with Gasteiger partial charge in [-0.2, -0.15) is 0 Å². The average Bonchev–Trinajstić information content (AvgIpc) is 2.46. The number of nitrogens with one attached hydrogen (secondary N) is 1. The fraction of sp³-hybridized carbons (Fsp3) is 0.647. The van der Waals surface area contributed by atoms with Gasteiger partial charge in [-0.05, 0) is 25.8 Å². The van der Waals surface area contributed by atoms with E-state index >= 15 is 0 Å². The van der Waals surface area contributed by atoms with Crippen LogP contribution in [0.4, 0.5) is 0 Å². The van der Waals surface area contributed by atoms with Gasteiger partial charge in [0, 0.05) is 12.5 Å². The maximum absolute atomic E-state index is 12.2. The van der Waals surface area contributed by atoms with E-state index in [4.69, 9.17) is 4.74 Å².